The van der Waals surface area contributed by atoms with Crippen LogP contribution in [-0.2, 0) is 6.54 Å². The Morgan fingerprint density at radius 2 is 1.65 bits per heavy atom. The highest BCUT2D eigenvalue weighted by atomic mass is 79.9. The van der Waals surface area contributed by atoms with Crippen molar-refractivity contribution in [3.8, 4) is 0 Å². The first kappa shape index (κ1) is 12.9. The number of anilines is 1. The summed E-state index contributed by atoms with van der Waals surface area (Å²) in [5, 5.41) is 0. The van der Waals surface area contributed by atoms with Gasteiger partial charge in [-0.1, -0.05) is 35.2 Å². The summed E-state index contributed by atoms with van der Waals surface area (Å²) in [6.07, 6.45) is 6.86. The topological polar surface area (TPSA) is 29.3 Å². The van der Waals surface area contributed by atoms with Crippen LogP contribution in [0.15, 0.2) is 22.7 Å². The van der Waals surface area contributed by atoms with Gasteiger partial charge in [-0.2, -0.15) is 0 Å². The van der Waals surface area contributed by atoms with Crippen molar-refractivity contribution < 1.29 is 0 Å². The number of nitrogens with two attached hydrogens (primary N) is 1. The standard InChI is InChI=1S/C14H21BrN2/c15-13-8-12(9-14(16)10-13)11-17-6-4-2-1-3-5-7-17/h8-10H,1-7,11,16H2. The normalized spacial score (nSPS) is 18.6. The van der Waals surface area contributed by atoms with Crippen molar-refractivity contribution in [2.45, 2.75) is 38.6 Å². The molecule has 17 heavy (non-hydrogen) atoms. The van der Waals surface area contributed by atoms with Gasteiger partial charge in [0.25, 0.3) is 0 Å². The van der Waals surface area contributed by atoms with E-state index in [1.54, 1.807) is 0 Å². The molecule has 1 aliphatic rings. The lowest BCUT2D eigenvalue weighted by molar-refractivity contribution is 0.240. The van der Waals surface area contributed by atoms with Gasteiger partial charge in [0, 0.05) is 16.7 Å². The second kappa shape index (κ2) is 6.41. The first-order valence-electron chi connectivity index (χ1n) is 6.51. The highest BCUT2D eigenvalue weighted by Gasteiger charge is 2.09. The Morgan fingerprint density at radius 3 is 2.29 bits per heavy atom. The predicted molar refractivity (Wildman–Crippen MR) is 76.9 cm³/mol. The molecule has 1 fully saturated rings. The molecule has 94 valence electrons. The minimum atomic E-state index is 0.849. The Bertz CT molecular complexity index is 337. The third-order valence-corrected chi connectivity index (χ3v) is 3.79. The molecule has 1 aromatic carbocycles. The number of benzene rings is 1. The summed E-state index contributed by atoms with van der Waals surface area (Å²) in [6, 6.07) is 6.22. The van der Waals surface area contributed by atoms with Crippen LogP contribution in [0.4, 0.5) is 5.69 Å². The molecule has 1 aliphatic heterocycles. The van der Waals surface area contributed by atoms with Crippen LogP contribution in [0, 0.1) is 0 Å². The largest absolute Gasteiger partial charge is 0.399 e. The monoisotopic (exact) mass is 296 g/mol. The van der Waals surface area contributed by atoms with Crippen molar-refractivity contribution in [1.29, 1.82) is 0 Å². The molecule has 0 aromatic heterocycles. The Kier molecular flexibility index (Phi) is 4.86. The van der Waals surface area contributed by atoms with Crippen molar-refractivity contribution in [1.82, 2.24) is 4.90 Å². The fourth-order valence-corrected chi connectivity index (χ4v) is 3.05. The van der Waals surface area contributed by atoms with Crippen molar-refractivity contribution in [3.63, 3.8) is 0 Å². The fraction of sp³-hybridized carbons (Fsp3) is 0.571. The van der Waals surface area contributed by atoms with E-state index in [0.717, 1.165) is 16.7 Å². The van der Waals surface area contributed by atoms with Crippen LogP contribution in [0.1, 0.15) is 37.7 Å². The van der Waals surface area contributed by atoms with Crippen molar-refractivity contribution in [3.05, 3.63) is 28.2 Å². The number of halogens is 1. The fourth-order valence-electron chi connectivity index (χ4n) is 2.50. The first-order chi connectivity index (χ1) is 8.24. The summed E-state index contributed by atoms with van der Waals surface area (Å²) < 4.78 is 1.08. The molecular formula is C14H21BrN2. The summed E-state index contributed by atoms with van der Waals surface area (Å²) >= 11 is 3.51. The van der Waals surface area contributed by atoms with Crippen LogP contribution in [0.3, 0.4) is 0 Å². The zero-order valence-electron chi connectivity index (χ0n) is 10.3. The second-order valence-electron chi connectivity index (χ2n) is 4.94. The van der Waals surface area contributed by atoms with Gasteiger partial charge in [-0.05, 0) is 49.7 Å². The van der Waals surface area contributed by atoms with Gasteiger partial charge in [0.1, 0.15) is 0 Å². The van der Waals surface area contributed by atoms with Crippen LogP contribution in [-0.4, -0.2) is 18.0 Å². The minimum Gasteiger partial charge on any atom is -0.399 e. The van der Waals surface area contributed by atoms with Crippen LogP contribution < -0.4 is 5.73 Å². The molecule has 0 amide bonds. The molecule has 0 spiro atoms. The summed E-state index contributed by atoms with van der Waals surface area (Å²) in [7, 11) is 0. The van der Waals surface area contributed by atoms with E-state index in [2.05, 4.69) is 33.0 Å². The maximum atomic E-state index is 5.87. The minimum absolute atomic E-state index is 0.849. The number of nitrogen functional groups attached to an aromatic ring is 1. The van der Waals surface area contributed by atoms with Crippen molar-refractivity contribution >= 4 is 21.6 Å². The van der Waals surface area contributed by atoms with E-state index in [1.165, 1.54) is 50.8 Å². The van der Waals surface area contributed by atoms with E-state index in [-0.39, 0.29) is 0 Å². The third-order valence-electron chi connectivity index (χ3n) is 3.33. The van der Waals surface area contributed by atoms with Crippen molar-refractivity contribution in [2.75, 3.05) is 18.8 Å². The van der Waals surface area contributed by atoms with Gasteiger partial charge in [0.2, 0.25) is 0 Å². The molecule has 1 heterocycles. The Hall–Kier alpha value is -0.540. The molecule has 0 atom stereocenters. The second-order valence-corrected chi connectivity index (χ2v) is 5.85. The maximum absolute atomic E-state index is 5.87. The maximum Gasteiger partial charge on any atom is 0.0328 e. The Labute approximate surface area is 112 Å². The number of rotatable bonds is 2. The zero-order chi connectivity index (χ0) is 12.1. The van der Waals surface area contributed by atoms with Gasteiger partial charge in [0.05, 0.1) is 0 Å². The number of hydrogen-bond acceptors (Lipinski definition) is 2. The van der Waals surface area contributed by atoms with E-state index in [1.807, 2.05) is 6.07 Å². The lowest BCUT2D eigenvalue weighted by Crippen LogP contribution is -2.26. The van der Waals surface area contributed by atoms with Crippen molar-refractivity contribution in [2.24, 2.45) is 0 Å². The summed E-state index contributed by atoms with van der Waals surface area (Å²) in [6.45, 7) is 3.49. The van der Waals surface area contributed by atoms with Gasteiger partial charge in [-0.15, -0.1) is 0 Å². The molecule has 2 nitrogen and oxygen atoms in total. The number of hydrogen-bond donors (Lipinski definition) is 1. The van der Waals surface area contributed by atoms with Crippen LogP contribution in [0.5, 0.6) is 0 Å². The molecule has 2 rings (SSSR count). The summed E-state index contributed by atoms with van der Waals surface area (Å²) in [5.74, 6) is 0. The van der Waals surface area contributed by atoms with E-state index >= 15 is 0 Å². The number of nitrogens with zero attached hydrogens (tertiary/aromatic N) is 1. The average Bonchev–Trinajstić information content (AvgIpc) is 2.20. The van der Waals surface area contributed by atoms with Gasteiger partial charge in [0.15, 0.2) is 0 Å². The van der Waals surface area contributed by atoms with E-state index < -0.39 is 0 Å². The predicted octanol–water partition coefficient (Wildman–Crippen LogP) is 3.80. The van der Waals surface area contributed by atoms with Crippen LogP contribution in [0.25, 0.3) is 0 Å². The third kappa shape index (κ3) is 4.32. The first-order valence-corrected chi connectivity index (χ1v) is 7.30. The molecule has 0 radical (unpaired) electrons. The van der Waals surface area contributed by atoms with E-state index in [0.29, 0.717) is 0 Å². The smallest absolute Gasteiger partial charge is 0.0328 e. The quantitative estimate of drug-likeness (QED) is 0.841. The molecule has 2 N–H and O–H groups in total. The highest BCUT2D eigenvalue weighted by Crippen LogP contribution is 2.20. The molecule has 0 saturated carbocycles. The molecule has 3 heteroatoms. The number of likely N-dealkylation sites (tertiary alicyclic amines) is 1. The average molecular weight is 297 g/mol. The molecule has 0 unspecified atom stereocenters. The molecular weight excluding hydrogens is 276 g/mol. The zero-order valence-corrected chi connectivity index (χ0v) is 11.9. The van der Waals surface area contributed by atoms with Gasteiger partial charge in [-0.25, -0.2) is 0 Å². The van der Waals surface area contributed by atoms with Gasteiger partial charge < -0.3 is 5.73 Å². The molecule has 0 bridgehead atoms. The van der Waals surface area contributed by atoms with E-state index in [9.17, 15) is 0 Å². The van der Waals surface area contributed by atoms with Gasteiger partial charge >= 0.3 is 0 Å². The van der Waals surface area contributed by atoms with E-state index in [4.69, 9.17) is 5.73 Å². The lowest BCUT2D eigenvalue weighted by Gasteiger charge is -2.24. The summed E-state index contributed by atoms with van der Waals surface area (Å²) in [4.78, 5) is 2.56. The highest BCUT2D eigenvalue weighted by molar-refractivity contribution is 9.10. The van der Waals surface area contributed by atoms with Crippen LogP contribution in [0.2, 0.25) is 0 Å². The SMILES string of the molecule is Nc1cc(Br)cc(CN2CCCCCCC2)c1. The van der Waals surface area contributed by atoms with Gasteiger partial charge in [-0.3, -0.25) is 4.90 Å². The molecule has 0 aliphatic carbocycles. The Balaban J connectivity index is 1.97. The molecule has 1 aromatic rings. The Morgan fingerprint density at radius 1 is 1.00 bits per heavy atom. The molecule has 1 saturated heterocycles. The summed E-state index contributed by atoms with van der Waals surface area (Å²) in [5.41, 5.74) is 8.04. The lowest BCUT2D eigenvalue weighted by atomic mass is 10.1. The van der Waals surface area contributed by atoms with Crippen LogP contribution >= 0.6 is 15.9 Å².